The Morgan fingerprint density at radius 1 is 1.65 bits per heavy atom. The number of alkyl halides is 1. The maximum atomic E-state index is 13.3. The van der Waals surface area contributed by atoms with Crippen LogP contribution in [0.3, 0.4) is 0 Å². The average molecular weight is 244 g/mol. The van der Waals surface area contributed by atoms with Crippen LogP contribution in [0.5, 0.6) is 0 Å². The molecule has 0 N–H and O–H groups in total. The molecule has 0 saturated carbocycles. The molecule has 0 radical (unpaired) electrons. The quantitative estimate of drug-likeness (QED) is 0.425. The third-order valence-electron chi connectivity index (χ3n) is 2.35. The van der Waals surface area contributed by atoms with E-state index in [1.54, 1.807) is 20.8 Å². The zero-order chi connectivity index (χ0) is 13.1. The second-order valence-corrected chi connectivity index (χ2v) is 5.03. The summed E-state index contributed by atoms with van der Waals surface area (Å²) in [5.74, 6) is 0. The highest BCUT2D eigenvalue weighted by molar-refractivity contribution is 5.69. The number of carbonyl (C=O) groups excluding carboxylic acids is 1. The minimum absolute atomic E-state index is 0.000524. The molecular formula is C10H17FN4O2. The van der Waals surface area contributed by atoms with Gasteiger partial charge in [-0.2, -0.15) is 0 Å². The normalized spacial score (nSPS) is 24.4. The van der Waals surface area contributed by atoms with Crippen molar-refractivity contribution in [2.75, 3.05) is 13.1 Å². The van der Waals surface area contributed by atoms with Gasteiger partial charge < -0.3 is 9.64 Å². The number of hydrogen-bond acceptors (Lipinski definition) is 3. The Labute approximate surface area is 99.4 Å². The molecule has 1 amide bonds. The molecule has 2 atom stereocenters. The van der Waals surface area contributed by atoms with E-state index >= 15 is 0 Å². The number of carbonyl (C=O) groups is 1. The van der Waals surface area contributed by atoms with Crippen molar-refractivity contribution >= 4 is 6.09 Å². The molecule has 0 aromatic heterocycles. The molecule has 96 valence electrons. The highest BCUT2D eigenvalue weighted by Crippen LogP contribution is 2.23. The number of nitrogens with zero attached hydrogens (tertiary/aromatic N) is 4. The van der Waals surface area contributed by atoms with E-state index in [2.05, 4.69) is 10.0 Å². The van der Waals surface area contributed by atoms with Crippen molar-refractivity contribution in [1.82, 2.24) is 4.90 Å². The molecule has 0 spiro atoms. The van der Waals surface area contributed by atoms with E-state index in [-0.39, 0.29) is 19.5 Å². The first-order valence-corrected chi connectivity index (χ1v) is 5.48. The van der Waals surface area contributed by atoms with Gasteiger partial charge in [0.05, 0.1) is 6.54 Å². The topological polar surface area (TPSA) is 78.3 Å². The van der Waals surface area contributed by atoms with Crippen molar-refractivity contribution in [3.05, 3.63) is 10.4 Å². The number of ether oxygens (including phenoxy) is 1. The molecule has 17 heavy (non-hydrogen) atoms. The summed E-state index contributed by atoms with van der Waals surface area (Å²) in [6, 6.07) is -0.407. The third kappa shape index (κ3) is 4.11. The Bertz CT molecular complexity index is 336. The SMILES string of the molecule is CC(C)(C)OC(=O)N1CC(F)CC1CN=[N+]=[N-]. The van der Waals surface area contributed by atoms with Gasteiger partial charge >= 0.3 is 6.09 Å². The molecule has 6 nitrogen and oxygen atoms in total. The average Bonchev–Trinajstić information content (AvgIpc) is 2.54. The van der Waals surface area contributed by atoms with Gasteiger partial charge in [-0.05, 0) is 26.3 Å². The summed E-state index contributed by atoms with van der Waals surface area (Å²) < 4.78 is 18.4. The lowest BCUT2D eigenvalue weighted by atomic mass is 10.2. The molecule has 0 bridgehead atoms. The molecule has 1 heterocycles. The predicted octanol–water partition coefficient (Wildman–Crippen LogP) is 2.64. The summed E-state index contributed by atoms with van der Waals surface area (Å²) in [7, 11) is 0. The fourth-order valence-electron chi connectivity index (χ4n) is 1.71. The summed E-state index contributed by atoms with van der Waals surface area (Å²) in [4.78, 5) is 15.7. The Hall–Kier alpha value is -1.49. The van der Waals surface area contributed by atoms with E-state index < -0.39 is 23.9 Å². The molecule has 1 rings (SSSR count). The van der Waals surface area contributed by atoms with Gasteiger partial charge in [-0.25, -0.2) is 9.18 Å². The first-order valence-electron chi connectivity index (χ1n) is 5.48. The summed E-state index contributed by atoms with van der Waals surface area (Å²) in [5, 5.41) is 3.38. The highest BCUT2D eigenvalue weighted by atomic mass is 19.1. The second kappa shape index (κ2) is 5.23. The van der Waals surface area contributed by atoms with Gasteiger partial charge in [0.15, 0.2) is 0 Å². The van der Waals surface area contributed by atoms with Crippen molar-refractivity contribution in [2.24, 2.45) is 5.11 Å². The molecule has 1 saturated heterocycles. The van der Waals surface area contributed by atoms with Crippen LogP contribution in [-0.4, -0.2) is 41.9 Å². The maximum Gasteiger partial charge on any atom is 0.410 e. The number of likely N-dealkylation sites (tertiary alicyclic amines) is 1. The fourth-order valence-corrected chi connectivity index (χ4v) is 1.71. The van der Waals surface area contributed by atoms with E-state index in [1.165, 1.54) is 4.90 Å². The lowest BCUT2D eigenvalue weighted by Crippen LogP contribution is -2.41. The van der Waals surface area contributed by atoms with E-state index in [0.717, 1.165) is 0 Å². The van der Waals surface area contributed by atoms with Gasteiger partial charge in [-0.3, -0.25) is 0 Å². The minimum Gasteiger partial charge on any atom is -0.444 e. The summed E-state index contributed by atoms with van der Waals surface area (Å²) >= 11 is 0. The van der Waals surface area contributed by atoms with Gasteiger partial charge in [0.1, 0.15) is 11.8 Å². The van der Waals surface area contributed by atoms with Crippen LogP contribution in [0, 0.1) is 0 Å². The van der Waals surface area contributed by atoms with E-state index in [1.807, 2.05) is 0 Å². The molecule has 1 fully saturated rings. The molecule has 7 heteroatoms. The molecule has 1 aliphatic rings. The van der Waals surface area contributed by atoms with Gasteiger partial charge in [-0.1, -0.05) is 5.11 Å². The van der Waals surface area contributed by atoms with Crippen molar-refractivity contribution in [3.8, 4) is 0 Å². The number of rotatable bonds is 2. The number of hydrogen-bond donors (Lipinski definition) is 0. The van der Waals surface area contributed by atoms with Gasteiger partial charge in [0, 0.05) is 23.9 Å². The molecule has 0 aromatic rings. The first kappa shape index (κ1) is 13.6. The van der Waals surface area contributed by atoms with Crippen LogP contribution in [0.25, 0.3) is 10.4 Å². The predicted molar refractivity (Wildman–Crippen MR) is 60.3 cm³/mol. The second-order valence-electron chi connectivity index (χ2n) is 5.03. The van der Waals surface area contributed by atoms with Crippen molar-refractivity contribution in [3.63, 3.8) is 0 Å². The summed E-state index contributed by atoms with van der Waals surface area (Å²) in [6.45, 7) is 5.32. The van der Waals surface area contributed by atoms with Crippen LogP contribution >= 0.6 is 0 Å². The Balaban J connectivity index is 2.66. The van der Waals surface area contributed by atoms with E-state index in [9.17, 15) is 9.18 Å². The highest BCUT2D eigenvalue weighted by Gasteiger charge is 2.37. The largest absolute Gasteiger partial charge is 0.444 e. The number of halogens is 1. The van der Waals surface area contributed by atoms with Gasteiger partial charge in [0.2, 0.25) is 0 Å². The van der Waals surface area contributed by atoms with Crippen molar-refractivity contribution in [2.45, 2.75) is 45.0 Å². The molecule has 2 unspecified atom stereocenters. The Morgan fingerprint density at radius 3 is 2.82 bits per heavy atom. The monoisotopic (exact) mass is 244 g/mol. The Morgan fingerprint density at radius 2 is 2.29 bits per heavy atom. The molecule has 1 aliphatic heterocycles. The van der Waals surface area contributed by atoms with Crippen LogP contribution in [-0.2, 0) is 4.74 Å². The number of amides is 1. The van der Waals surface area contributed by atoms with Crippen LogP contribution in [0.2, 0.25) is 0 Å². The van der Waals surface area contributed by atoms with Crippen LogP contribution in [0.1, 0.15) is 27.2 Å². The zero-order valence-electron chi connectivity index (χ0n) is 10.3. The van der Waals surface area contributed by atoms with Gasteiger partial charge in [-0.15, -0.1) is 0 Å². The lowest BCUT2D eigenvalue weighted by molar-refractivity contribution is 0.0224. The maximum absolute atomic E-state index is 13.3. The van der Waals surface area contributed by atoms with Crippen molar-refractivity contribution < 1.29 is 13.9 Å². The van der Waals surface area contributed by atoms with Gasteiger partial charge in [0.25, 0.3) is 0 Å². The summed E-state index contributed by atoms with van der Waals surface area (Å²) in [5.41, 5.74) is 7.62. The first-order chi connectivity index (χ1) is 7.83. The molecule has 0 aliphatic carbocycles. The van der Waals surface area contributed by atoms with Crippen LogP contribution < -0.4 is 0 Å². The molecular weight excluding hydrogens is 227 g/mol. The fraction of sp³-hybridized carbons (Fsp3) is 0.900. The smallest absolute Gasteiger partial charge is 0.410 e. The lowest BCUT2D eigenvalue weighted by Gasteiger charge is -2.27. The molecule has 0 aromatic carbocycles. The van der Waals surface area contributed by atoms with E-state index in [4.69, 9.17) is 10.3 Å². The standard InChI is InChI=1S/C10H17FN4O2/c1-10(2,3)17-9(16)15-6-7(11)4-8(15)5-13-14-12/h7-8H,4-6H2,1-3H3. The minimum atomic E-state index is -1.08. The Kier molecular flexibility index (Phi) is 4.17. The summed E-state index contributed by atoms with van der Waals surface area (Å²) in [6.07, 6.45) is -1.45. The third-order valence-corrected chi connectivity index (χ3v) is 2.35. The van der Waals surface area contributed by atoms with Crippen LogP contribution in [0.4, 0.5) is 9.18 Å². The van der Waals surface area contributed by atoms with E-state index in [0.29, 0.717) is 0 Å². The number of azide groups is 1. The van der Waals surface area contributed by atoms with Crippen molar-refractivity contribution in [1.29, 1.82) is 0 Å². The van der Waals surface area contributed by atoms with Crippen LogP contribution in [0.15, 0.2) is 5.11 Å². The zero-order valence-corrected chi connectivity index (χ0v) is 10.3.